The molecule has 1 rings (SSSR count). The van der Waals surface area contributed by atoms with Crippen LogP contribution in [0.4, 0.5) is 0 Å². The van der Waals surface area contributed by atoms with Crippen molar-refractivity contribution in [3.8, 4) is 0 Å². The van der Waals surface area contributed by atoms with Gasteiger partial charge in [-0.05, 0) is 30.2 Å². The maximum absolute atomic E-state index is 11.2. The van der Waals surface area contributed by atoms with E-state index in [1.165, 1.54) is 6.92 Å². The molecule has 16 heavy (non-hydrogen) atoms. The summed E-state index contributed by atoms with van der Waals surface area (Å²) < 4.78 is 0. The van der Waals surface area contributed by atoms with E-state index in [-0.39, 0.29) is 5.78 Å². The van der Waals surface area contributed by atoms with Gasteiger partial charge < -0.3 is 5.11 Å². The highest BCUT2D eigenvalue weighted by Crippen LogP contribution is 2.21. The summed E-state index contributed by atoms with van der Waals surface area (Å²) in [7, 11) is 0. The van der Waals surface area contributed by atoms with Crippen LogP contribution in [0.15, 0.2) is 29.4 Å². The van der Waals surface area contributed by atoms with Crippen molar-refractivity contribution in [1.82, 2.24) is 0 Å². The van der Waals surface area contributed by atoms with Crippen molar-refractivity contribution in [2.24, 2.45) is 5.11 Å². The van der Waals surface area contributed by atoms with E-state index in [4.69, 9.17) is 17.1 Å². The summed E-state index contributed by atoms with van der Waals surface area (Å²) in [5, 5.41) is 13.6. The number of azide groups is 1. The molecule has 0 saturated carbocycles. The summed E-state index contributed by atoms with van der Waals surface area (Å²) >= 11 is 5.69. The molecule has 0 aromatic heterocycles. The Kier molecular flexibility index (Phi) is 4.31. The van der Waals surface area contributed by atoms with Gasteiger partial charge >= 0.3 is 0 Å². The Balaban J connectivity index is 2.98. The first-order valence-corrected chi connectivity index (χ1v) is 4.92. The van der Waals surface area contributed by atoms with Crippen LogP contribution in [0, 0.1) is 0 Å². The molecule has 0 amide bonds. The molecule has 0 spiro atoms. The summed E-state index contributed by atoms with van der Waals surface area (Å²) in [6.45, 7) is 1.26. The second-order valence-corrected chi connectivity index (χ2v) is 3.69. The summed E-state index contributed by atoms with van der Waals surface area (Å²) in [6.07, 6.45) is -1.15. The maximum Gasteiger partial charge on any atom is 0.141 e. The molecule has 2 atom stereocenters. The van der Waals surface area contributed by atoms with E-state index in [0.717, 1.165) is 0 Å². The van der Waals surface area contributed by atoms with Crippen molar-refractivity contribution >= 4 is 17.4 Å². The van der Waals surface area contributed by atoms with Gasteiger partial charge in [-0.15, -0.1) is 0 Å². The van der Waals surface area contributed by atoms with E-state index < -0.39 is 12.1 Å². The van der Waals surface area contributed by atoms with Gasteiger partial charge in [0, 0.05) is 9.93 Å². The number of nitrogens with zero attached hydrogens (tertiary/aromatic N) is 3. The van der Waals surface area contributed by atoms with Gasteiger partial charge in [0.15, 0.2) is 0 Å². The van der Waals surface area contributed by atoms with Gasteiger partial charge in [-0.2, -0.15) is 0 Å². The third kappa shape index (κ3) is 2.97. The molecule has 1 aromatic rings. The standard InChI is InChI=1S/C10H10ClN3O2/c1-6(15)9(13-14-12)10(16)7-2-4-8(11)5-3-7/h2-5,9-10,16H,1H3/t9-,10+/m1/s1. The van der Waals surface area contributed by atoms with E-state index in [1.807, 2.05) is 0 Å². The highest BCUT2D eigenvalue weighted by atomic mass is 35.5. The fraction of sp³-hybridized carbons (Fsp3) is 0.300. The van der Waals surface area contributed by atoms with E-state index in [0.29, 0.717) is 10.6 Å². The van der Waals surface area contributed by atoms with Gasteiger partial charge in [0.2, 0.25) is 0 Å². The lowest BCUT2D eigenvalue weighted by molar-refractivity contribution is -0.120. The Bertz CT molecular complexity index is 424. The second-order valence-electron chi connectivity index (χ2n) is 3.26. The number of carbonyl (C=O) groups is 1. The monoisotopic (exact) mass is 239 g/mol. The van der Waals surface area contributed by atoms with Crippen molar-refractivity contribution in [1.29, 1.82) is 0 Å². The molecule has 5 nitrogen and oxygen atoms in total. The van der Waals surface area contributed by atoms with Gasteiger partial charge in [-0.3, -0.25) is 4.79 Å². The fourth-order valence-electron chi connectivity index (χ4n) is 1.26. The molecule has 1 aromatic carbocycles. The second kappa shape index (κ2) is 5.51. The van der Waals surface area contributed by atoms with Gasteiger partial charge in [0.25, 0.3) is 0 Å². The van der Waals surface area contributed by atoms with Crippen molar-refractivity contribution in [2.75, 3.05) is 0 Å². The smallest absolute Gasteiger partial charge is 0.141 e. The highest BCUT2D eigenvalue weighted by Gasteiger charge is 2.23. The number of ketones is 1. The number of aliphatic hydroxyl groups is 1. The first kappa shape index (κ1) is 12.5. The Labute approximate surface area is 97.3 Å². The van der Waals surface area contributed by atoms with Gasteiger partial charge in [-0.1, -0.05) is 28.8 Å². The van der Waals surface area contributed by atoms with Crippen LogP contribution in [0.1, 0.15) is 18.6 Å². The van der Waals surface area contributed by atoms with Crippen LogP contribution in [0.2, 0.25) is 5.02 Å². The topological polar surface area (TPSA) is 86.1 Å². The molecule has 0 saturated heterocycles. The molecule has 0 bridgehead atoms. The molecule has 0 fully saturated rings. The number of benzene rings is 1. The lowest BCUT2D eigenvalue weighted by atomic mass is 10.0. The molecule has 0 aliphatic carbocycles. The number of halogens is 1. The van der Waals surface area contributed by atoms with Crippen LogP contribution in [0.3, 0.4) is 0 Å². The van der Waals surface area contributed by atoms with E-state index in [1.54, 1.807) is 24.3 Å². The largest absolute Gasteiger partial charge is 0.388 e. The minimum absolute atomic E-state index is 0.389. The van der Waals surface area contributed by atoms with Crippen molar-refractivity contribution < 1.29 is 9.90 Å². The Morgan fingerprint density at radius 3 is 2.50 bits per heavy atom. The normalized spacial score (nSPS) is 13.7. The molecule has 0 aliphatic heterocycles. The minimum Gasteiger partial charge on any atom is -0.388 e. The fourth-order valence-corrected chi connectivity index (χ4v) is 1.39. The van der Waals surface area contributed by atoms with Crippen molar-refractivity contribution in [3.05, 3.63) is 45.3 Å². The highest BCUT2D eigenvalue weighted by molar-refractivity contribution is 6.30. The van der Waals surface area contributed by atoms with E-state index in [2.05, 4.69) is 10.0 Å². The average molecular weight is 240 g/mol. The summed E-state index contributed by atoms with van der Waals surface area (Å²) in [5.41, 5.74) is 8.78. The number of hydrogen-bond donors (Lipinski definition) is 1. The van der Waals surface area contributed by atoms with Gasteiger partial charge in [0.1, 0.15) is 11.8 Å². The predicted octanol–water partition coefficient (Wildman–Crippen LogP) is 2.64. The molecular formula is C10H10ClN3O2. The molecule has 0 unspecified atom stereocenters. The quantitative estimate of drug-likeness (QED) is 0.497. The van der Waals surface area contributed by atoms with Crippen molar-refractivity contribution in [2.45, 2.75) is 19.1 Å². The zero-order valence-electron chi connectivity index (χ0n) is 8.54. The number of hydrogen-bond acceptors (Lipinski definition) is 3. The summed E-state index contributed by atoms with van der Waals surface area (Å²) in [6, 6.07) is 5.23. The van der Waals surface area contributed by atoms with Crippen LogP contribution >= 0.6 is 11.6 Å². The zero-order chi connectivity index (χ0) is 12.1. The lowest BCUT2D eigenvalue weighted by Gasteiger charge is -2.15. The van der Waals surface area contributed by atoms with Crippen LogP contribution in [0.25, 0.3) is 10.4 Å². The minimum atomic E-state index is -1.15. The number of Topliss-reactive ketones (excluding diaryl/α,β-unsaturated/α-hetero) is 1. The molecule has 0 aliphatic rings. The van der Waals surface area contributed by atoms with Crippen LogP contribution in [-0.2, 0) is 4.79 Å². The first-order chi connectivity index (χ1) is 7.56. The zero-order valence-corrected chi connectivity index (χ0v) is 9.30. The Morgan fingerprint density at radius 1 is 1.50 bits per heavy atom. The van der Waals surface area contributed by atoms with E-state index in [9.17, 15) is 9.90 Å². The Morgan fingerprint density at radius 2 is 2.06 bits per heavy atom. The molecule has 0 heterocycles. The number of rotatable bonds is 4. The molecule has 0 radical (unpaired) electrons. The molecule has 6 heteroatoms. The molecule has 1 N–H and O–H groups in total. The number of carbonyl (C=O) groups excluding carboxylic acids is 1. The van der Waals surface area contributed by atoms with Crippen molar-refractivity contribution in [3.63, 3.8) is 0 Å². The van der Waals surface area contributed by atoms with Crippen LogP contribution < -0.4 is 0 Å². The molecule has 84 valence electrons. The summed E-state index contributed by atoms with van der Waals surface area (Å²) in [5.74, 6) is -0.389. The summed E-state index contributed by atoms with van der Waals surface area (Å²) in [4.78, 5) is 13.7. The van der Waals surface area contributed by atoms with Crippen LogP contribution in [0.5, 0.6) is 0 Å². The average Bonchev–Trinajstić information content (AvgIpc) is 2.25. The van der Waals surface area contributed by atoms with Gasteiger partial charge in [-0.25, -0.2) is 0 Å². The number of aliphatic hydroxyl groups excluding tert-OH is 1. The van der Waals surface area contributed by atoms with E-state index >= 15 is 0 Å². The van der Waals surface area contributed by atoms with Crippen LogP contribution in [-0.4, -0.2) is 16.9 Å². The third-order valence-corrected chi connectivity index (χ3v) is 2.36. The third-order valence-electron chi connectivity index (χ3n) is 2.10. The predicted molar refractivity (Wildman–Crippen MR) is 60.0 cm³/mol. The lowest BCUT2D eigenvalue weighted by Crippen LogP contribution is -2.23. The SMILES string of the molecule is CC(=O)[C@@H](N=[N+]=[N-])[C@@H](O)c1ccc(Cl)cc1. The maximum atomic E-state index is 11.2. The Hall–Kier alpha value is -1.55. The van der Waals surface area contributed by atoms with Gasteiger partial charge in [0.05, 0.1) is 6.10 Å². The first-order valence-electron chi connectivity index (χ1n) is 4.54. The molecular weight excluding hydrogens is 230 g/mol.